The molecular weight excluding hydrogens is 341 g/mol. The van der Waals surface area contributed by atoms with E-state index in [0.29, 0.717) is 31.7 Å². The number of halogens is 3. The van der Waals surface area contributed by atoms with Gasteiger partial charge in [-0.15, -0.1) is 0 Å². The largest absolute Gasteiger partial charge is 0.394 e. The first kappa shape index (κ1) is 19.2. The van der Waals surface area contributed by atoms with Gasteiger partial charge < -0.3 is 5.32 Å². The lowest BCUT2D eigenvalue weighted by molar-refractivity contribution is -0.258. The molecule has 1 atom stereocenters. The van der Waals surface area contributed by atoms with Gasteiger partial charge in [-0.05, 0) is 56.1 Å². The van der Waals surface area contributed by atoms with Crippen molar-refractivity contribution < 1.29 is 18.0 Å². The Morgan fingerprint density at radius 1 is 1.19 bits per heavy atom. The summed E-state index contributed by atoms with van der Waals surface area (Å²) >= 11 is 0. The Labute approximate surface area is 152 Å². The lowest BCUT2D eigenvalue weighted by atomic mass is 9.53. The molecule has 144 valence electrons. The minimum Gasteiger partial charge on any atom is -0.355 e. The molecule has 3 fully saturated rings. The number of fused-ring (bicyclic) bond motifs is 3. The first-order valence-electron chi connectivity index (χ1n) is 9.44. The summed E-state index contributed by atoms with van der Waals surface area (Å²) in [5, 5.41) is 3.05. The zero-order valence-electron chi connectivity index (χ0n) is 15.4. The van der Waals surface area contributed by atoms with E-state index in [1.54, 1.807) is 6.20 Å². The van der Waals surface area contributed by atoms with Crippen LogP contribution in [0.15, 0.2) is 24.5 Å². The van der Waals surface area contributed by atoms with Crippen LogP contribution in [0.4, 0.5) is 13.2 Å². The Hall–Kier alpha value is -1.59. The molecule has 1 aromatic rings. The molecule has 3 nitrogen and oxygen atoms in total. The van der Waals surface area contributed by atoms with E-state index in [4.69, 9.17) is 0 Å². The molecule has 1 aromatic heterocycles. The third kappa shape index (κ3) is 3.35. The van der Waals surface area contributed by atoms with Crippen molar-refractivity contribution in [1.29, 1.82) is 0 Å². The van der Waals surface area contributed by atoms with E-state index >= 15 is 0 Å². The minimum absolute atomic E-state index is 0.0671. The Morgan fingerprint density at radius 3 is 2.27 bits per heavy atom. The topological polar surface area (TPSA) is 42.0 Å². The third-order valence-corrected chi connectivity index (χ3v) is 6.73. The van der Waals surface area contributed by atoms with E-state index in [0.717, 1.165) is 5.56 Å². The van der Waals surface area contributed by atoms with Gasteiger partial charge >= 0.3 is 6.18 Å². The molecule has 1 amide bonds. The fourth-order valence-electron chi connectivity index (χ4n) is 4.68. The molecule has 26 heavy (non-hydrogen) atoms. The highest BCUT2D eigenvalue weighted by Crippen LogP contribution is 2.62. The van der Waals surface area contributed by atoms with Crippen molar-refractivity contribution in [2.45, 2.75) is 64.5 Å². The number of nitrogens with zero attached hydrogens (tertiary/aromatic N) is 1. The molecule has 0 aromatic carbocycles. The first-order valence-corrected chi connectivity index (χ1v) is 9.44. The number of nitrogens with one attached hydrogen (secondary N) is 1. The van der Waals surface area contributed by atoms with Crippen LogP contribution in [0.25, 0.3) is 0 Å². The van der Waals surface area contributed by atoms with Crippen LogP contribution in [0.3, 0.4) is 0 Å². The number of alkyl halides is 3. The Balaban J connectivity index is 1.64. The number of hydrogen-bond acceptors (Lipinski definition) is 2. The van der Waals surface area contributed by atoms with Crippen molar-refractivity contribution in [2.75, 3.05) is 6.54 Å². The highest BCUT2D eigenvalue weighted by atomic mass is 19.4. The predicted molar refractivity (Wildman–Crippen MR) is 93.4 cm³/mol. The van der Waals surface area contributed by atoms with Gasteiger partial charge in [0.25, 0.3) is 0 Å². The third-order valence-electron chi connectivity index (χ3n) is 6.73. The number of amides is 1. The zero-order chi connectivity index (χ0) is 19.0. The molecule has 1 unspecified atom stereocenters. The van der Waals surface area contributed by atoms with E-state index in [9.17, 15) is 18.0 Å². The molecule has 0 radical (unpaired) electrons. The molecule has 0 spiro atoms. The van der Waals surface area contributed by atoms with E-state index < -0.39 is 17.0 Å². The summed E-state index contributed by atoms with van der Waals surface area (Å²) in [5.74, 6) is 0.403. The van der Waals surface area contributed by atoms with E-state index in [2.05, 4.69) is 24.1 Å². The molecule has 4 rings (SSSR count). The number of pyridine rings is 1. The number of aromatic nitrogens is 1. The van der Waals surface area contributed by atoms with Crippen molar-refractivity contribution in [3.8, 4) is 0 Å². The van der Waals surface area contributed by atoms with Gasteiger partial charge in [-0.3, -0.25) is 9.78 Å². The van der Waals surface area contributed by atoms with Crippen molar-refractivity contribution in [1.82, 2.24) is 10.3 Å². The van der Waals surface area contributed by atoms with Gasteiger partial charge in [0.2, 0.25) is 5.91 Å². The van der Waals surface area contributed by atoms with E-state index in [1.165, 1.54) is 0 Å². The molecule has 0 saturated heterocycles. The molecule has 2 bridgehead atoms. The summed E-state index contributed by atoms with van der Waals surface area (Å²) in [5.41, 5.74) is -1.09. The molecule has 1 heterocycles. The van der Waals surface area contributed by atoms with Crippen LogP contribution in [0.1, 0.15) is 63.9 Å². The first-order chi connectivity index (χ1) is 12.2. The van der Waals surface area contributed by atoms with Gasteiger partial charge in [-0.2, -0.15) is 13.2 Å². The maximum Gasteiger partial charge on any atom is 0.394 e. The van der Waals surface area contributed by atoms with Crippen LogP contribution < -0.4 is 5.32 Å². The summed E-state index contributed by atoms with van der Waals surface area (Å²) in [6.45, 7) is 4.69. The van der Waals surface area contributed by atoms with Crippen LogP contribution in [0.2, 0.25) is 0 Å². The van der Waals surface area contributed by atoms with Crippen molar-refractivity contribution in [3.63, 3.8) is 0 Å². The Kier molecular flexibility index (Phi) is 5.06. The monoisotopic (exact) mass is 368 g/mol. The van der Waals surface area contributed by atoms with Crippen molar-refractivity contribution >= 4 is 5.91 Å². The van der Waals surface area contributed by atoms with E-state index in [-0.39, 0.29) is 31.1 Å². The fraction of sp³-hybridized carbons (Fsp3) is 0.700. The maximum absolute atomic E-state index is 13.4. The molecular formula is C20H27F3N2O. The Morgan fingerprint density at radius 2 is 1.81 bits per heavy atom. The lowest BCUT2D eigenvalue weighted by Crippen LogP contribution is -2.54. The summed E-state index contributed by atoms with van der Waals surface area (Å²) in [4.78, 5) is 17.0. The van der Waals surface area contributed by atoms with E-state index in [1.807, 2.05) is 18.3 Å². The minimum atomic E-state index is -4.15. The number of carbonyl (C=O) groups is 1. The quantitative estimate of drug-likeness (QED) is 0.808. The summed E-state index contributed by atoms with van der Waals surface area (Å²) in [6.07, 6.45) is 0.662. The second-order valence-corrected chi connectivity index (χ2v) is 8.41. The maximum atomic E-state index is 13.4. The SMILES string of the molecule is CC(C)C(CNC(=O)C12CCC(C(F)(F)F)(CC1)CC2)c1cccnc1. The van der Waals surface area contributed by atoms with Gasteiger partial charge in [-0.25, -0.2) is 0 Å². The van der Waals surface area contributed by atoms with Gasteiger partial charge in [0.1, 0.15) is 0 Å². The highest BCUT2D eigenvalue weighted by molar-refractivity contribution is 5.83. The van der Waals surface area contributed by atoms with Crippen LogP contribution in [-0.4, -0.2) is 23.6 Å². The average molecular weight is 368 g/mol. The van der Waals surface area contributed by atoms with Crippen LogP contribution >= 0.6 is 0 Å². The fourth-order valence-corrected chi connectivity index (χ4v) is 4.68. The zero-order valence-corrected chi connectivity index (χ0v) is 15.4. The van der Waals surface area contributed by atoms with Gasteiger partial charge in [-0.1, -0.05) is 19.9 Å². The number of carbonyl (C=O) groups excluding carboxylic acids is 1. The van der Waals surface area contributed by atoms with Crippen LogP contribution in [0, 0.1) is 16.7 Å². The smallest absolute Gasteiger partial charge is 0.355 e. The number of hydrogen-bond donors (Lipinski definition) is 1. The predicted octanol–water partition coefficient (Wildman–Crippen LogP) is 4.84. The molecule has 3 saturated carbocycles. The highest BCUT2D eigenvalue weighted by Gasteiger charge is 2.62. The summed E-state index contributed by atoms with van der Waals surface area (Å²) in [6, 6.07) is 3.88. The molecule has 3 aliphatic rings. The van der Waals surface area contributed by atoms with Crippen molar-refractivity contribution in [3.05, 3.63) is 30.1 Å². The molecule has 0 aliphatic heterocycles. The number of rotatable bonds is 5. The summed E-state index contributed by atoms with van der Waals surface area (Å²) in [7, 11) is 0. The van der Waals surface area contributed by atoms with Gasteiger partial charge in [0.15, 0.2) is 0 Å². The lowest BCUT2D eigenvalue weighted by Gasteiger charge is -2.52. The molecule has 6 heteroatoms. The standard InChI is InChI=1S/C20H27F3N2O/c1-14(2)16(15-4-3-11-24-12-15)13-25-17(26)18-5-8-19(9-6-18,10-7-18)20(21,22)23/h3-4,11-12,14,16H,5-10,13H2,1-2H3,(H,25,26). The normalized spacial score (nSPS) is 29.6. The summed E-state index contributed by atoms with van der Waals surface area (Å²) < 4.78 is 40.1. The average Bonchev–Trinajstić information content (AvgIpc) is 2.63. The van der Waals surface area contributed by atoms with Crippen LogP contribution in [0.5, 0.6) is 0 Å². The van der Waals surface area contributed by atoms with Crippen LogP contribution in [-0.2, 0) is 4.79 Å². The van der Waals surface area contributed by atoms with Gasteiger partial charge in [0.05, 0.1) is 5.41 Å². The Bertz CT molecular complexity index is 618. The second kappa shape index (κ2) is 6.86. The molecule has 1 N–H and O–H groups in total. The van der Waals surface area contributed by atoms with Gasteiger partial charge in [0, 0.05) is 30.3 Å². The second-order valence-electron chi connectivity index (χ2n) is 8.41. The van der Waals surface area contributed by atoms with Crippen molar-refractivity contribution in [2.24, 2.45) is 16.7 Å². The molecule has 3 aliphatic carbocycles.